The first kappa shape index (κ1) is 20.1. The minimum Gasteiger partial charge on any atom is -0.481 e. The first-order chi connectivity index (χ1) is 14.8. The van der Waals surface area contributed by atoms with Gasteiger partial charge in [0.05, 0.1) is 28.9 Å². The fourth-order valence-corrected chi connectivity index (χ4v) is 6.63. The van der Waals surface area contributed by atoms with E-state index in [0.29, 0.717) is 30.4 Å². The van der Waals surface area contributed by atoms with Crippen molar-refractivity contribution in [3.63, 3.8) is 0 Å². The number of aromatic nitrogens is 2. The normalized spacial score (nSPS) is 30.9. The number of halogens is 1. The third-order valence-electron chi connectivity index (χ3n) is 7.27. The highest BCUT2D eigenvalue weighted by molar-refractivity contribution is 6.33. The lowest BCUT2D eigenvalue weighted by Crippen LogP contribution is -2.63. The smallest absolute Gasteiger partial charge is 0.335 e. The molecule has 4 fully saturated rings. The molecule has 0 radical (unpaired) electrons. The second-order valence-corrected chi connectivity index (χ2v) is 9.51. The summed E-state index contributed by atoms with van der Waals surface area (Å²) in [6.07, 6.45) is 5.58. The molecule has 1 aromatic carbocycles. The number of carbonyl (C=O) groups is 2. The zero-order valence-electron chi connectivity index (χ0n) is 16.6. The zero-order chi connectivity index (χ0) is 21.9. The van der Waals surface area contributed by atoms with Crippen molar-refractivity contribution in [3.05, 3.63) is 51.4 Å². The van der Waals surface area contributed by atoms with Crippen molar-refractivity contribution in [1.29, 1.82) is 0 Å². The molecule has 2 aromatic rings. The Bertz CT molecular complexity index is 1130. The Hall–Kier alpha value is -2.87. The summed E-state index contributed by atoms with van der Waals surface area (Å²) in [6, 6.07) is 6.14. The molecule has 6 rings (SSSR count). The van der Waals surface area contributed by atoms with Gasteiger partial charge in [-0.1, -0.05) is 17.7 Å². The standard InChI is InChI=1S/C22H22ClN3O5/c23-18-16(25-15-3-1-2-13(7-15)20(28)29)10-24-26(19(18)27)22-8-11-4-12(9-22)6-14(5-11)17(22)21(30)31/h1-3,7,10-12,14,17,25H,4-6,8-9H2,(H,28,29)(H,30,31)/t11-,12+,14?,17-,22?/m1/s1. The van der Waals surface area contributed by atoms with Gasteiger partial charge < -0.3 is 15.5 Å². The molecule has 31 heavy (non-hydrogen) atoms. The highest BCUT2D eigenvalue weighted by atomic mass is 35.5. The van der Waals surface area contributed by atoms with Gasteiger partial charge in [0.15, 0.2) is 0 Å². The van der Waals surface area contributed by atoms with Crippen molar-refractivity contribution >= 4 is 34.9 Å². The van der Waals surface area contributed by atoms with Gasteiger partial charge in [-0.15, -0.1) is 0 Å². The van der Waals surface area contributed by atoms with Crippen molar-refractivity contribution in [1.82, 2.24) is 9.78 Å². The minimum atomic E-state index is -1.06. The van der Waals surface area contributed by atoms with Crippen LogP contribution in [0.5, 0.6) is 0 Å². The number of nitrogens with one attached hydrogen (secondary N) is 1. The lowest BCUT2D eigenvalue weighted by molar-refractivity contribution is -0.168. The number of carboxylic acids is 2. The summed E-state index contributed by atoms with van der Waals surface area (Å²) in [5.41, 5.74) is -0.557. The van der Waals surface area contributed by atoms with Crippen LogP contribution in [0, 0.1) is 23.7 Å². The predicted molar refractivity (Wildman–Crippen MR) is 113 cm³/mol. The molecule has 9 heteroatoms. The largest absolute Gasteiger partial charge is 0.481 e. The number of anilines is 2. The summed E-state index contributed by atoms with van der Waals surface area (Å²) in [7, 11) is 0. The average molecular weight is 444 g/mol. The number of rotatable bonds is 5. The van der Waals surface area contributed by atoms with Gasteiger partial charge in [0.2, 0.25) is 0 Å². The Kier molecular flexibility index (Phi) is 4.58. The molecule has 1 heterocycles. The van der Waals surface area contributed by atoms with Gasteiger partial charge in [-0.25, -0.2) is 9.48 Å². The van der Waals surface area contributed by atoms with Crippen molar-refractivity contribution in [3.8, 4) is 0 Å². The highest BCUT2D eigenvalue weighted by Crippen LogP contribution is 2.61. The molecule has 0 amide bonds. The maximum absolute atomic E-state index is 13.3. The van der Waals surface area contributed by atoms with E-state index in [4.69, 9.17) is 16.7 Å². The van der Waals surface area contributed by atoms with Crippen LogP contribution in [0.15, 0.2) is 35.3 Å². The van der Waals surface area contributed by atoms with Crippen LogP contribution >= 0.6 is 11.6 Å². The molecule has 0 saturated heterocycles. The Balaban J connectivity index is 1.54. The fraction of sp³-hybridized carbons (Fsp3) is 0.455. The topological polar surface area (TPSA) is 122 Å². The molecule has 4 aliphatic rings. The molecule has 5 atom stereocenters. The predicted octanol–water partition coefficient (Wildman–Crippen LogP) is 3.57. The summed E-state index contributed by atoms with van der Waals surface area (Å²) >= 11 is 6.42. The summed E-state index contributed by atoms with van der Waals surface area (Å²) in [6.45, 7) is 0. The Morgan fingerprint density at radius 2 is 1.87 bits per heavy atom. The number of nitrogens with zero attached hydrogens (tertiary/aromatic N) is 2. The van der Waals surface area contributed by atoms with Crippen LogP contribution in [-0.2, 0) is 10.3 Å². The number of hydrogen-bond acceptors (Lipinski definition) is 5. The molecule has 8 nitrogen and oxygen atoms in total. The fourth-order valence-electron chi connectivity index (χ4n) is 6.46. The average Bonchev–Trinajstić information content (AvgIpc) is 2.70. The molecule has 4 bridgehead atoms. The van der Waals surface area contributed by atoms with Crippen LogP contribution in [0.4, 0.5) is 11.4 Å². The molecule has 0 spiro atoms. The quantitative estimate of drug-likeness (QED) is 0.645. The van der Waals surface area contributed by atoms with Gasteiger partial charge >= 0.3 is 11.9 Å². The lowest BCUT2D eigenvalue weighted by atomic mass is 9.48. The Morgan fingerprint density at radius 3 is 2.52 bits per heavy atom. The van der Waals surface area contributed by atoms with E-state index in [1.807, 2.05) is 0 Å². The highest BCUT2D eigenvalue weighted by Gasteiger charge is 2.61. The van der Waals surface area contributed by atoms with Crippen molar-refractivity contribution < 1.29 is 19.8 Å². The van der Waals surface area contributed by atoms with E-state index in [2.05, 4.69) is 10.4 Å². The van der Waals surface area contributed by atoms with Gasteiger partial charge in [0, 0.05) is 5.69 Å². The molecule has 2 unspecified atom stereocenters. The van der Waals surface area contributed by atoms with Crippen LogP contribution in [0.1, 0.15) is 42.5 Å². The first-order valence-corrected chi connectivity index (χ1v) is 10.8. The second-order valence-electron chi connectivity index (χ2n) is 9.13. The molecule has 3 N–H and O–H groups in total. The monoisotopic (exact) mass is 443 g/mol. The SMILES string of the molecule is O=C(O)c1cccc(Nc2cnn(C34C[C@@H]5CC(C[C@@H](C5)C3)[C@@H]4C(=O)O)c(=O)c2Cl)c1. The third kappa shape index (κ3) is 3.12. The maximum Gasteiger partial charge on any atom is 0.335 e. The van der Waals surface area contributed by atoms with Crippen LogP contribution in [0.25, 0.3) is 0 Å². The van der Waals surface area contributed by atoms with Crippen LogP contribution in [-0.4, -0.2) is 31.9 Å². The maximum atomic E-state index is 13.3. The van der Waals surface area contributed by atoms with Gasteiger partial charge in [-0.3, -0.25) is 9.59 Å². The number of aliphatic carboxylic acids is 1. The number of hydrogen-bond donors (Lipinski definition) is 3. The second kappa shape index (κ2) is 7.09. The Morgan fingerprint density at radius 1 is 1.16 bits per heavy atom. The van der Waals surface area contributed by atoms with Gasteiger partial charge in [0.1, 0.15) is 5.02 Å². The van der Waals surface area contributed by atoms with E-state index in [1.165, 1.54) is 23.0 Å². The number of carboxylic acid groups (broad SMARTS) is 2. The molecule has 1 aromatic heterocycles. The van der Waals surface area contributed by atoms with Gasteiger partial charge in [-0.2, -0.15) is 5.10 Å². The summed E-state index contributed by atoms with van der Waals surface area (Å²) in [4.78, 5) is 36.7. The van der Waals surface area contributed by atoms with Crippen LogP contribution in [0.2, 0.25) is 5.02 Å². The van der Waals surface area contributed by atoms with Crippen molar-refractivity contribution in [2.24, 2.45) is 23.7 Å². The molecule has 4 aliphatic carbocycles. The summed E-state index contributed by atoms with van der Waals surface area (Å²) < 4.78 is 1.33. The minimum absolute atomic E-state index is 0.0628. The van der Waals surface area contributed by atoms with Gasteiger partial charge in [-0.05, 0) is 68.1 Å². The number of benzene rings is 1. The molecule has 4 saturated carbocycles. The van der Waals surface area contributed by atoms with Crippen molar-refractivity contribution in [2.75, 3.05) is 5.32 Å². The van der Waals surface area contributed by atoms with E-state index in [9.17, 15) is 19.5 Å². The van der Waals surface area contributed by atoms with Crippen LogP contribution < -0.4 is 10.9 Å². The van der Waals surface area contributed by atoms with Gasteiger partial charge in [0.25, 0.3) is 5.56 Å². The first-order valence-electron chi connectivity index (χ1n) is 10.4. The van der Waals surface area contributed by atoms with E-state index in [0.717, 1.165) is 19.3 Å². The molecule has 162 valence electrons. The van der Waals surface area contributed by atoms with E-state index < -0.39 is 29.0 Å². The third-order valence-corrected chi connectivity index (χ3v) is 7.63. The van der Waals surface area contributed by atoms with E-state index in [-0.39, 0.29) is 22.2 Å². The lowest BCUT2D eigenvalue weighted by Gasteiger charge is -2.59. The Labute approximate surface area is 182 Å². The number of aromatic carboxylic acids is 1. The summed E-state index contributed by atoms with van der Waals surface area (Å²) in [5, 5.41) is 26.4. The molecular formula is C22H22ClN3O5. The van der Waals surface area contributed by atoms with E-state index in [1.54, 1.807) is 12.1 Å². The summed E-state index contributed by atoms with van der Waals surface area (Å²) in [5.74, 6) is -1.69. The van der Waals surface area contributed by atoms with Crippen molar-refractivity contribution in [2.45, 2.75) is 37.6 Å². The van der Waals surface area contributed by atoms with Crippen LogP contribution in [0.3, 0.4) is 0 Å². The molecular weight excluding hydrogens is 422 g/mol. The zero-order valence-corrected chi connectivity index (χ0v) is 17.4. The van der Waals surface area contributed by atoms with E-state index >= 15 is 0 Å². The molecule has 0 aliphatic heterocycles.